The van der Waals surface area contributed by atoms with E-state index in [2.05, 4.69) is 5.32 Å². The lowest BCUT2D eigenvalue weighted by Gasteiger charge is -2.17. The molecule has 6 nitrogen and oxygen atoms in total. The molecule has 1 heterocycles. The molecule has 160 valence electrons. The molecule has 1 amide bonds. The third-order valence-electron chi connectivity index (χ3n) is 5.30. The molecule has 0 saturated carbocycles. The van der Waals surface area contributed by atoms with Crippen molar-refractivity contribution >= 4 is 33.5 Å². The average molecular weight is 418 g/mol. The number of rotatable bonds is 8. The number of nitrogens with zero attached hydrogens (tertiary/aromatic N) is 1. The molecule has 0 unspecified atom stereocenters. The summed E-state index contributed by atoms with van der Waals surface area (Å²) in [6.07, 6.45) is 0.803. The third-order valence-corrected chi connectivity index (χ3v) is 5.30. The van der Waals surface area contributed by atoms with Crippen LogP contribution in [0.25, 0.3) is 21.9 Å². The second-order valence-corrected chi connectivity index (χ2v) is 7.53. The minimum Gasteiger partial charge on any atom is -0.493 e. The van der Waals surface area contributed by atoms with Crippen molar-refractivity contribution in [3.05, 3.63) is 66.2 Å². The number of amides is 1. The normalized spacial score (nSPS) is 11.2. The second kappa shape index (κ2) is 9.10. The number of carbonyl (C=O) groups is 1. The number of methoxy groups -OCH3 is 2. The maximum atomic E-state index is 12.5. The van der Waals surface area contributed by atoms with E-state index in [1.165, 1.54) is 0 Å². The minimum atomic E-state index is -0.0537. The standard InChI is InChI=1S/C25H26N2O4/c1-27(13-12-17-8-10-23(29-2)24(14-17)30-3)16-25(28)26-18-9-11-22-20(15-18)19-6-4-5-7-21(19)31-22/h4-11,14-15H,12-13,16H2,1-3H3,(H,26,28). The Labute approximate surface area is 181 Å². The van der Waals surface area contributed by atoms with Gasteiger partial charge in [-0.15, -0.1) is 0 Å². The molecule has 0 aliphatic heterocycles. The summed E-state index contributed by atoms with van der Waals surface area (Å²) < 4.78 is 16.5. The van der Waals surface area contributed by atoms with Crippen LogP contribution in [0.2, 0.25) is 0 Å². The van der Waals surface area contributed by atoms with Crippen molar-refractivity contribution in [3.8, 4) is 11.5 Å². The van der Waals surface area contributed by atoms with Crippen molar-refractivity contribution in [2.75, 3.05) is 39.7 Å². The van der Waals surface area contributed by atoms with Gasteiger partial charge in [-0.05, 0) is 55.4 Å². The van der Waals surface area contributed by atoms with E-state index in [4.69, 9.17) is 13.9 Å². The summed E-state index contributed by atoms with van der Waals surface area (Å²) in [5, 5.41) is 5.03. The number of likely N-dealkylation sites (N-methyl/N-ethyl adjacent to an activating group) is 1. The molecule has 0 atom stereocenters. The molecule has 31 heavy (non-hydrogen) atoms. The monoisotopic (exact) mass is 418 g/mol. The highest BCUT2D eigenvalue weighted by molar-refractivity contribution is 6.07. The number of fused-ring (bicyclic) bond motifs is 3. The Balaban J connectivity index is 1.35. The van der Waals surface area contributed by atoms with Gasteiger partial charge in [0, 0.05) is 23.0 Å². The molecule has 0 aliphatic rings. The van der Waals surface area contributed by atoms with Gasteiger partial charge in [0.05, 0.1) is 20.8 Å². The van der Waals surface area contributed by atoms with Crippen molar-refractivity contribution in [2.45, 2.75) is 6.42 Å². The van der Waals surface area contributed by atoms with Crippen LogP contribution in [0.15, 0.2) is 65.1 Å². The van der Waals surface area contributed by atoms with Crippen molar-refractivity contribution < 1.29 is 18.7 Å². The summed E-state index contributed by atoms with van der Waals surface area (Å²) >= 11 is 0. The fraction of sp³-hybridized carbons (Fsp3) is 0.240. The van der Waals surface area contributed by atoms with Gasteiger partial charge in [0.15, 0.2) is 11.5 Å². The number of furan rings is 1. The first kappa shape index (κ1) is 20.8. The van der Waals surface area contributed by atoms with Crippen LogP contribution < -0.4 is 14.8 Å². The van der Waals surface area contributed by atoms with Crippen LogP contribution in [-0.2, 0) is 11.2 Å². The van der Waals surface area contributed by atoms with Gasteiger partial charge in [0.25, 0.3) is 0 Å². The van der Waals surface area contributed by atoms with E-state index in [9.17, 15) is 4.79 Å². The van der Waals surface area contributed by atoms with Crippen molar-refractivity contribution in [1.82, 2.24) is 4.90 Å². The lowest BCUT2D eigenvalue weighted by atomic mass is 10.1. The first-order valence-corrected chi connectivity index (χ1v) is 10.2. The van der Waals surface area contributed by atoms with Crippen LogP contribution >= 0.6 is 0 Å². The summed E-state index contributed by atoms with van der Waals surface area (Å²) in [6, 6.07) is 19.5. The predicted molar refractivity (Wildman–Crippen MR) is 123 cm³/mol. The van der Waals surface area contributed by atoms with Crippen LogP contribution in [-0.4, -0.2) is 45.2 Å². The molecule has 6 heteroatoms. The number of carbonyl (C=O) groups excluding carboxylic acids is 1. The van der Waals surface area contributed by atoms with Crippen LogP contribution in [0.4, 0.5) is 5.69 Å². The van der Waals surface area contributed by atoms with E-state index in [0.29, 0.717) is 18.0 Å². The van der Waals surface area contributed by atoms with E-state index in [1.54, 1.807) is 14.2 Å². The van der Waals surface area contributed by atoms with Gasteiger partial charge in [-0.2, -0.15) is 0 Å². The molecule has 4 aromatic rings. The lowest BCUT2D eigenvalue weighted by molar-refractivity contribution is -0.117. The first-order valence-electron chi connectivity index (χ1n) is 10.2. The highest BCUT2D eigenvalue weighted by Gasteiger charge is 2.11. The zero-order valence-corrected chi connectivity index (χ0v) is 18.0. The molecule has 3 aromatic carbocycles. The largest absolute Gasteiger partial charge is 0.493 e. The molecule has 0 aliphatic carbocycles. The van der Waals surface area contributed by atoms with Gasteiger partial charge >= 0.3 is 0 Å². The number of para-hydroxylation sites is 1. The molecule has 0 bridgehead atoms. The van der Waals surface area contributed by atoms with E-state index in [1.807, 2.05) is 72.6 Å². The molecule has 0 spiro atoms. The SMILES string of the molecule is COc1ccc(CCN(C)CC(=O)Nc2ccc3oc4ccccc4c3c2)cc1OC. The molecule has 0 saturated heterocycles. The summed E-state index contributed by atoms with van der Waals surface area (Å²) in [5.74, 6) is 1.37. The quantitative estimate of drug-likeness (QED) is 0.449. The Morgan fingerprint density at radius 1 is 0.935 bits per heavy atom. The maximum absolute atomic E-state index is 12.5. The number of anilines is 1. The van der Waals surface area contributed by atoms with Gasteiger partial charge in [-0.3, -0.25) is 9.69 Å². The van der Waals surface area contributed by atoms with Crippen molar-refractivity contribution in [3.63, 3.8) is 0 Å². The molecular formula is C25H26N2O4. The average Bonchev–Trinajstić information content (AvgIpc) is 3.15. The lowest BCUT2D eigenvalue weighted by Crippen LogP contribution is -2.31. The predicted octanol–water partition coefficient (Wildman–Crippen LogP) is 4.72. The maximum Gasteiger partial charge on any atom is 0.238 e. The first-order chi connectivity index (χ1) is 15.1. The number of benzene rings is 3. The smallest absolute Gasteiger partial charge is 0.238 e. The number of hydrogen-bond acceptors (Lipinski definition) is 5. The molecule has 4 rings (SSSR count). The molecule has 1 N–H and O–H groups in total. The van der Waals surface area contributed by atoms with Crippen LogP contribution in [0.1, 0.15) is 5.56 Å². The van der Waals surface area contributed by atoms with Crippen molar-refractivity contribution in [2.24, 2.45) is 0 Å². The topological polar surface area (TPSA) is 63.9 Å². The van der Waals surface area contributed by atoms with Crippen molar-refractivity contribution in [1.29, 1.82) is 0 Å². The second-order valence-electron chi connectivity index (χ2n) is 7.53. The van der Waals surface area contributed by atoms with E-state index in [-0.39, 0.29) is 5.91 Å². The number of nitrogens with one attached hydrogen (secondary N) is 1. The number of ether oxygens (including phenoxy) is 2. The van der Waals surface area contributed by atoms with Gasteiger partial charge in [0.2, 0.25) is 5.91 Å². The Hall–Kier alpha value is -3.51. The van der Waals surface area contributed by atoms with Gasteiger partial charge < -0.3 is 19.2 Å². The van der Waals surface area contributed by atoms with E-state index >= 15 is 0 Å². The Morgan fingerprint density at radius 3 is 2.52 bits per heavy atom. The van der Waals surface area contributed by atoms with Crippen LogP contribution in [0, 0.1) is 0 Å². The fourth-order valence-corrected chi connectivity index (χ4v) is 3.68. The summed E-state index contributed by atoms with van der Waals surface area (Å²) in [7, 11) is 5.19. The van der Waals surface area contributed by atoms with Crippen LogP contribution in [0.3, 0.4) is 0 Å². The summed E-state index contributed by atoms with van der Waals surface area (Å²) in [5.41, 5.74) is 3.54. The third kappa shape index (κ3) is 4.64. The molecule has 0 fully saturated rings. The number of hydrogen-bond donors (Lipinski definition) is 1. The molecule has 0 radical (unpaired) electrons. The highest BCUT2D eigenvalue weighted by atomic mass is 16.5. The Kier molecular flexibility index (Phi) is 6.09. The molecule has 1 aromatic heterocycles. The molecular weight excluding hydrogens is 392 g/mol. The summed E-state index contributed by atoms with van der Waals surface area (Å²) in [6.45, 7) is 1.05. The van der Waals surface area contributed by atoms with Gasteiger partial charge in [-0.25, -0.2) is 0 Å². The zero-order chi connectivity index (χ0) is 21.8. The van der Waals surface area contributed by atoms with Gasteiger partial charge in [-0.1, -0.05) is 24.3 Å². The summed E-state index contributed by atoms with van der Waals surface area (Å²) in [4.78, 5) is 14.5. The van der Waals surface area contributed by atoms with Crippen LogP contribution in [0.5, 0.6) is 11.5 Å². The van der Waals surface area contributed by atoms with E-state index < -0.39 is 0 Å². The Bertz CT molecular complexity index is 1210. The van der Waals surface area contributed by atoms with Gasteiger partial charge in [0.1, 0.15) is 11.2 Å². The minimum absolute atomic E-state index is 0.0537. The highest BCUT2D eigenvalue weighted by Crippen LogP contribution is 2.30. The van der Waals surface area contributed by atoms with E-state index in [0.717, 1.165) is 46.2 Å². The Morgan fingerprint density at radius 2 is 1.71 bits per heavy atom. The zero-order valence-electron chi connectivity index (χ0n) is 18.0. The fourth-order valence-electron chi connectivity index (χ4n) is 3.68.